The first-order valence-corrected chi connectivity index (χ1v) is 10.2. The van der Waals surface area contributed by atoms with Gasteiger partial charge in [0.15, 0.2) is 0 Å². The Balaban J connectivity index is 1.59. The van der Waals surface area contributed by atoms with E-state index < -0.39 is 0 Å². The number of ether oxygens (including phenoxy) is 1. The Kier molecular flexibility index (Phi) is 6.12. The van der Waals surface area contributed by atoms with Gasteiger partial charge in [-0.3, -0.25) is 4.79 Å². The highest BCUT2D eigenvalue weighted by molar-refractivity contribution is 7.99. The van der Waals surface area contributed by atoms with Crippen LogP contribution in [0.4, 0.5) is 5.00 Å². The molecular formula is C20H17N3O2S2. The number of nitriles is 1. The van der Waals surface area contributed by atoms with Crippen molar-refractivity contribution >= 4 is 34.2 Å². The zero-order valence-corrected chi connectivity index (χ0v) is 16.5. The molecule has 0 spiro atoms. The van der Waals surface area contributed by atoms with Gasteiger partial charge >= 0.3 is 0 Å². The summed E-state index contributed by atoms with van der Waals surface area (Å²) in [5, 5.41) is 12.5. The molecule has 5 nitrogen and oxygen atoms in total. The monoisotopic (exact) mass is 395 g/mol. The van der Waals surface area contributed by atoms with E-state index in [-0.39, 0.29) is 12.3 Å². The zero-order valence-electron chi connectivity index (χ0n) is 14.9. The average Bonchev–Trinajstić information content (AvgIpc) is 3.03. The van der Waals surface area contributed by atoms with Crippen LogP contribution in [0.1, 0.15) is 16.8 Å². The van der Waals surface area contributed by atoms with E-state index in [4.69, 9.17) is 10.00 Å². The van der Waals surface area contributed by atoms with Crippen LogP contribution in [-0.2, 0) is 11.2 Å². The standard InChI is InChI=1S/C20H17N3O2S2/c1-13-19(26-2)20(27-23-13)22-18(24)11-14-3-7-16(8-4-14)25-17-9-5-15(12-21)6-10-17/h3-10H,11H2,1-2H3,(H,22,24). The normalized spacial score (nSPS) is 10.3. The SMILES string of the molecule is CSc1c(C)nsc1NC(=O)Cc1ccc(Oc2ccc(C#N)cc2)cc1. The van der Waals surface area contributed by atoms with Gasteiger partial charge < -0.3 is 10.1 Å². The lowest BCUT2D eigenvalue weighted by molar-refractivity contribution is -0.115. The lowest BCUT2D eigenvalue weighted by Crippen LogP contribution is -2.14. The van der Waals surface area contributed by atoms with Gasteiger partial charge in [-0.15, -0.1) is 11.8 Å². The summed E-state index contributed by atoms with van der Waals surface area (Å²) in [6, 6.07) is 16.4. The van der Waals surface area contributed by atoms with E-state index in [0.29, 0.717) is 17.1 Å². The summed E-state index contributed by atoms with van der Waals surface area (Å²) in [4.78, 5) is 13.3. The molecule has 7 heteroatoms. The van der Waals surface area contributed by atoms with Crippen LogP contribution in [0.3, 0.4) is 0 Å². The van der Waals surface area contributed by atoms with Gasteiger partial charge in [0.2, 0.25) is 5.91 Å². The van der Waals surface area contributed by atoms with Crippen LogP contribution in [0.25, 0.3) is 0 Å². The highest BCUT2D eigenvalue weighted by Crippen LogP contribution is 2.32. The smallest absolute Gasteiger partial charge is 0.229 e. The molecule has 1 N–H and O–H groups in total. The van der Waals surface area contributed by atoms with Gasteiger partial charge in [-0.25, -0.2) is 0 Å². The number of benzene rings is 2. The van der Waals surface area contributed by atoms with Gasteiger partial charge in [-0.05, 0) is 66.7 Å². The maximum Gasteiger partial charge on any atom is 0.229 e. The number of carbonyl (C=O) groups is 1. The molecule has 0 saturated heterocycles. The number of hydrogen-bond donors (Lipinski definition) is 1. The molecule has 27 heavy (non-hydrogen) atoms. The molecule has 0 bridgehead atoms. The molecular weight excluding hydrogens is 378 g/mol. The first-order chi connectivity index (χ1) is 13.1. The zero-order chi connectivity index (χ0) is 19.2. The van der Waals surface area contributed by atoms with Crippen molar-refractivity contribution in [3.05, 3.63) is 65.4 Å². The molecule has 0 aliphatic carbocycles. The number of rotatable bonds is 6. The Morgan fingerprint density at radius 1 is 1.19 bits per heavy atom. The number of aromatic nitrogens is 1. The topological polar surface area (TPSA) is 75.0 Å². The van der Waals surface area contributed by atoms with E-state index in [1.54, 1.807) is 36.0 Å². The van der Waals surface area contributed by atoms with Gasteiger partial charge in [0.05, 0.1) is 28.6 Å². The van der Waals surface area contributed by atoms with Gasteiger partial charge in [-0.2, -0.15) is 9.64 Å². The third-order valence-electron chi connectivity index (χ3n) is 3.77. The van der Waals surface area contributed by atoms with Crippen molar-refractivity contribution in [3.63, 3.8) is 0 Å². The van der Waals surface area contributed by atoms with Crippen LogP contribution in [-0.4, -0.2) is 16.5 Å². The lowest BCUT2D eigenvalue weighted by atomic mass is 10.1. The highest BCUT2D eigenvalue weighted by atomic mass is 32.2. The Bertz CT molecular complexity index is 974. The quantitative estimate of drug-likeness (QED) is 0.593. The molecule has 3 rings (SSSR count). The number of nitrogens with zero attached hydrogens (tertiary/aromatic N) is 2. The van der Waals surface area contributed by atoms with E-state index >= 15 is 0 Å². The fraction of sp³-hybridized carbons (Fsp3) is 0.150. The van der Waals surface area contributed by atoms with Crippen molar-refractivity contribution < 1.29 is 9.53 Å². The molecule has 1 aromatic heterocycles. The van der Waals surface area contributed by atoms with Crippen molar-refractivity contribution in [2.45, 2.75) is 18.2 Å². The van der Waals surface area contributed by atoms with E-state index in [0.717, 1.165) is 21.2 Å². The van der Waals surface area contributed by atoms with Gasteiger partial charge in [0, 0.05) is 0 Å². The van der Waals surface area contributed by atoms with Gasteiger partial charge in [-0.1, -0.05) is 12.1 Å². The third kappa shape index (κ3) is 4.88. The minimum Gasteiger partial charge on any atom is -0.457 e. The molecule has 0 saturated carbocycles. The van der Waals surface area contributed by atoms with Crippen molar-refractivity contribution in [1.82, 2.24) is 4.37 Å². The van der Waals surface area contributed by atoms with E-state index in [1.165, 1.54) is 11.5 Å². The Morgan fingerprint density at radius 3 is 2.41 bits per heavy atom. The van der Waals surface area contributed by atoms with Crippen LogP contribution >= 0.6 is 23.3 Å². The summed E-state index contributed by atoms with van der Waals surface area (Å²) in [6.45, 7) is 1.94. The Morgan fingerprint density at radius 2 is 1.81 bits per heavy atom. The number of anilines is 1. The highest BCUT2D eigenvalue weighted by Gasteiger charge is 2.13. The van der Waals surface area contributed by atoms with Crippen LogP contribution in [0.2, 0.25) is 0 Å². The fourth-order valence-electron chi connectivity index (χ4n) is 2.45. The maximum atomic E-state index is 12.3. The molecule has 0 fully saturated rings. The summed E-state index contributed by atoms with van der Waals surface area (Å²) in [5.41, 5.74) is 2.42. The van der Waals surface area contributed by atoms with Gasteiger partial charge in [0.1, 0.15) is 16.5 Å². The molecule has 1 amide bonds. The molecule has 0 aliphatic rings. The first kappa shape index (κ1) is 19.0. The fourth-order valence-corrected chi connectivity index (χ4v) is 4.15. The van der Waals surface area contributed by atoms with Crippen molar-refractivity contribution in [3.8, 4) is 17.6 Å². The number of nitrogens with one attached hydrogen (secondary N) is 1. The predicted molar refractivity (Wildman–Crippen MR) is 109 cm³/mol. The number of carbonyl (C=O) groups excluding carboxylic acids is 1. The van der Waals surface area contributed by atoms with E-state index in [9.17, 15) is 4.79 Å². The average molecular weight is 396 g/mol. The number of thioether (sulfide) groups is 1. The lowest BCUT2D eigenvalue weighted by Gasteiger charge is -2.08. The van der Waals surface area contributed by atoms with E-state index in [2.05, 4.69) is 15.8 Å². The summed E-state index contributed by atoms with van der Waals surface area (Å²) in [6.07, 6.45) is 2.25. The minimum atomic E-state index is -0.0743. The maximum absolute atomic E-state index is 12.3. The van der Waals surface area contributed by atoms with Gasteiger partial charge in [0.25, 0.3) is 0 Å². The second kappa shape index (κ2) is 8.71. The van der Waals surface area contributed by atoms with E-state index in [1.807, 2.05) is 37.4 Å². The van der Waals surface area contributed by atoms with Crippen LogP contribution < -0.4 is 10.1 Å². The third-order valence-corrected chi connectivity index (χ3v) is 5.66. The number of aryl methyl sites for hydroxylation is 1. The Labute approximate surface area is 166 Å². The minimum absolute atomic E-state index is 0.0743. The molecule has 3 aromatic rings. The molecule has 0 radical (unpaired) electrons. The van der Waals surface area contributed by atoms with Crippen LogP contribution in [0.5, 0.6) is 11.5 Å². The largest absolute Gasteiger partial charge is 0.457 e. The summed E-state index contributed by atoms with van der Waals surface area (Å²) in [7, 11) is 0. The first-order valence-electron chi connectivity index (χ1n) is 8.16. The molecule has 0 unspecified atom stereocenters. The molecule has 0 aliphatic heterocycles. The second-order valence-corrected chi connectivity index (χ2v) is 7.33. The van der Waals surface area contributed by atoms with Crippen molar-refractivity contribution in [1.29, 1.82) is 5.26 Å². The molecule has 0 atom stereocenters. The van der Waals surface area contributed by atoms with Crippen LogP contribution in [0.15, 0.2) is 53.4 Å². The molecule has 1 heterocycles. The predicted octanol–water partition coefficient (Wildman–Crippen LogP) is 5.02. The summed E-state index contributed by atoms with van der Waals surface area (Å²) in [5.74, 6) is 1.26. The molecule has 136 valence electrons. The Hall–Kier alpha value is -2.82. The molecule has 2 aromatic carbocycles. The van der Waals surface area contributed by atoms with Crippen molar-refractivity contribution in [2.24, 2.45) is 0 Å². The van der Waals surface area contributed by atoms with Crippen LogP contribution in [0, 0.1) is 18.3 Å². The number of hydrogen-bond acceptors (Lipinski definition) is 6. The summed E-state index contributed by atoms with van der Waals surface area (Å²) < 4.78 is 10.0. The second-order valence-electron chi connectivity index (χ2n) is 5.74. The van der Waals surface area contributed by atoms with Crippen molar-refractivity contribution in [2.75, 3.05) is 11.6 Å². The summed E-state index contributed by atoms with van der Waals surface area (Å²) >= 11 is 2.88. The number of amides is 1.